The largest absolute Gasteiger partial charge is 0.478 e. The standard InChI is InChI=1S/C22H23NO6/c24-13-14-5-7-15(8-6-14)20(25)23-16-9-11-17(12-10-16)29-22(28)19-4-2-1-3-18(19)21(26)27/h1-8,16-17,24H,9-13H2,(H,23,25)(H,26,27). The molecule has 1 aliphatic carbocycles. The lowest BCUT2D eigenvalue weighted by Crippen LogP contribution is -2.39. The van der Waals surface area contributed by atoms with Crippen LogP contribution in [-0.4, -0.2) is 40.2 Å². The quantitative estimate of drug-likeness (QED) is 0.646. The minimum absolute atomic E-state index is 0.0127. The molecule has 3 N–H and O–H groups in total. The average Bonchev–Trinajstić information content (AvgIpc) is 2.75. The summed E-state index contributed by atoms with van der Waals surface area (Å²) in [5.41, 5.74) is 1.24. The van der Waals surface area contributed by atoms with E-state index in [1.165, 1.54) is 12.1 Å². The summed E-state index contributed by atoms with van der Waals surface area (Å²) in [4.78, 5) is 36.0. The van der Waals surface area contributed by atoms with Gasteiger partial charge in [-0.15, -0.1) is 0 Å². The van der Waals surface area contributed by atoms with Crippen molar-refractivity contribution in [2.75, 3.05) is 0 Å². The van der Waals surface area contributed by atoms with Crippen LogP contribution in [-0.2, 0) is 11.3 Å². The van der Waals surface area contributed by atoms with E-state index in [1.54, 1.807) is 36.4 Å². The van der Waals surface area contributed by atoms with Crippen LogP contribution < -0.4 is 5.32 Å². The van der Waals surface area contributed by atoms with Crippen LogP contribution in [0.15, 0.2) is 48.5 Å². The normalized spacial score (nSPS) is 18.7. The van der Waals surface area contributed by atoms with Crippen LogP contribution in [0, 0.1) is 0 Å². The average molecular weight is 397 g/mol. The van der Waals surface area contributed by atoms with Gasteiger partial charge in [-0.1, -0.05) is 24.3 Å². The Bertz CT molecular complexity index is 884. The zero-order valence-corrected chi connectivity index (χ0v) is 15.8. The lowest BCUT2D eigenvalue weighted by Gasteiger charge is -2.29. The van der Waals surface area contributed by atoms with Gasteiger partial charge in [0.1, 0.15) is 6.10 Å². The number of rotatable bonds is 6. The summed E-state index contributed by atoms with van der Waals surface area (Å²) in [5, 5.41) is 21.2. The molecule has 0 aliphatic heterocycles. The van der Waals surface area contributed by atoms with Crippen LogP contribution in [0.2, 0.25) is 0 Å². The summed E-state index contributed by atoms with van der Waals surface area (Å²) in [6.45, 7) is -0.0679. The third-order valence-electron chi connectivity index (χ3n) is 5.06. The van der Waals surface area contributed by atoms with Crippen LogP contribution >= 0.6 is 0 Å². The van der Waals surface area contributed by atoms with Gasteiger partial charge in [0.2, 0.25) is 0 Å². The molecule has 0 unspecified atom stereocenters. The molecular formula is C22H23NO6. The number of aromatic carboxylic acids is 1. The Morgan fingerprint density at radius 2 is 1.55 bits per heavy atom. The van der Waals surface area contributed by atoms with Crippen LogP contribution in [0.5, 0.6) is 0 Å². The van der Waals surface area contributed by atoms with Crippen molar-refractivity contribution in [3.8, 4) is 0 Å². The number of aliphatic hydroxyl groups is 1. The Morgan fingerprint density at radius 3 is 2.14 bits per heavy atom. The van der Waals surface area contributed by atoms with E-state index in [2.05, 4.69) is 5.32 Å². The molecule has 7 heteroatoms. The number of carboxylic acids is 1. The van der Waals surface area contributed by atoms with Crippen LogP contribution in [0.3, 0.4) is 0 Å². The van der Waals surface area contributed by atoms with Crippen molar-refractivity contribution in [2.24, 2.45) is 0 Å². The van der Waals surface area contributed by atoms with Crippen molar-refractivity contribution in [1.82, 2.24) is 5.32 Å². The zero-order chi connectivity index (χ0) is 20.8. The first-order valence-corrected chi connectivity index (χ1v) is 9.52. The molecule has 0 spiro atoms. The summed E-state index contributed by atoms with van der Waals surface area (Å²) >= 11 is 0. The molecule has 1 amide bonds. The Balaban J connectivity index is 1.51. The first kappa shape index (κ1) is 20.5. The van der Waals surface area contributed by atoms with Gasteiger partial charge in [-0.05, 0) is 55.5 Å². The molecular weight excluding hydrogens is 374 g/mol. The number of nitrogens with one attached hydrogen (secondary N) is 1. The van der Waals surface area contributed by atoms with E-state index < -0.39 is 11.9 Å². The minimum Gasteiger partial charge on any atom is -0.478 e. The predicted octanol–water partition coefficient (Wildman–Crippen LogP) is 2.78. The Kier molecular flexibility index (Phi) is 6.61. The highest BCUT2D eigenvalue weighted by atomic mass is 16.5. The lowest BCUT2D eigenvalue weighted by molar-refractivity contribution is 0.0180. The third kappa shape index (κ3) is 5.20. The van der Waals surface area contributed by atoms with Crippen LogP contribution in [0.4, 0.5) is 0 Å². The highest BCUT2D eigenvalue weighted by molar-refractivity contribution is 6.02. The maximum Gasteiger partial charge on any atom is 0.339 e. The number of hydrogen-bond acceptors (Lipinski definition) is 5. The molecule has 1 aliphatic rings. The fourth-order valence-electron chi connectivity index (χ4n) is 3.42. The molecule has 0 aromatic heterocycles. The molecule has 0 bridgehead atoms. The number of hydrogen-bond donors (Lipinski definition) is 3. The fourth-order valence-corrected chi connectivity index (χ4v) is 3.42. The topological polar surface area (TPSA) is 113 Å². The van der Waals surface area contributed by atoms with Crippen molar-refractivity contribution >= 4 is 17.8 Å². The fraction of sp³-hybridized carbons (Fsp3) is 0.318. The van der Waals surface area contributed by atoms with Gasteiger partial charge in [-0.2, -0.15) is 0 Å². The molecule has 0 heterocycles. The highest BCUT2D eigenvalue weighted by Gasteiger charge is 2.27. The van der Waals surface area contributed by atoms with Crippen molar-refractivity contribution in [3.63, 3.8) is 0 Å². The molecule has 1 fully saturated rings. The first-order chi connectivity index (χ1) is 14.0. The van der Waals surface area contributed by atoms with Gasteiger partial charge in [-0.3, -0.25) is 4.79 Å². The minimum atomic E-state index is -1.17. The Morgan fingerprint density at radius 1 is 0.931 bits per heavy atom. The third-order valence-corrected chi connectivity index (χ3v) is 5.06. The van der Waals surface area contributed by atoms with E-state index in [9.17, 15) is 19.5 Å². The van der Waals surface area contributed by atoms with Crippen molar-refractivity contribution in [2.45, 2.75) is 44.4 Å². The van der Waals surface area contributed by atoms with E-state index >= 15 is 0 Å². The van der Waals surface area contributed by atoms with Crippen molar-refractivity contribution in [1.29, 1.82) is 0 Å². The second-order valence-electron chi connectivity index (χ2n) is 7.06. The molecule has 3 rings (SSSR count). The van der Waals surface area contributed by atoms with Gasteiger partial charge in [0.05, 0.1) is 17.7 Å². The van der Waals surface area contributed by atoms with Crippen LogP contribution in [0.25, 0.3) is 0 Å². The van der Waals surface area contributed by atoms with Crippen molar-refractivity contribution < 1.29 is 29.3 Å². The van der Waals surface area contributed by atoms with E-state index in [-0.39, 0.29) is 35.8 Å². The van der Waals surface area contributed by atoms with Gasteiger partial charge < -0.3 is 20.3 Å². The molecule has 7 nitrogen and oxygen atoms in total. The van der Waals surface area contributed by atoms with E-state index in [0.29, 0.717) is 31.2 Å². The maximum atomic E-state index is 12.4. The number of carboxylic acid groups (broad SMARTS) is 1. The number of aliphatic hydroxyl groups excluding tert-OH is 1. The number of amides is 1. The summed E-state index contributed by atoms with van der Waals surface area (Å²) in [6, 6.07) is 12.7. The van der Waals surface area contributed by atoms with Gasteiger partial charge in [0.25, 0.3) is 5.91 Å². The zero-order valence-electron chi connectivity index (χ0n) is 15.8. The number of ether oxygens (including phenoxy) is 1. The summed E-state index contributed by atoms with van der Waals surface area (Å²) < 4.78 is 5.49. The van der Waals surface area contributed by atoms with Gasteiger partial charge >= 0.3 is 11.9 Å². The molecule has 0 saturated heterocycles. The lowest BCUT2D eigenvalue weighted by atomic mass is 9.92. The molecule has 0 atom stereocenters. The van der Waals surface area contributed by atoms with Gasteiger partial charge in [0, 0.05) is 11.6 Å². The van der Waals surface area contributed by atoms with E-state index in [4.69, 9.17) is 9.84 Å². The second kappa shape index (κ2) is 9.34. The number of carbonyl (C=O) groups excluding carboxylic acids is 2. The first-order valence-electron chi connectivity index (χ1n) is 9.52. The van der Waals surface area contributed by atoms with E-state index in [1.807, 2.05) is 0 Å². The number of esters is 1. The van der Waals surface area contributed by atoms with Gasteiger partial charge in [-0.25, -0.2) is 9.59 Å². The molecule has 2 aromatic carbocycles. The Hall–Kier alpha value is -3.19. The van der Waals surface area contributed by atoms with Gasteiger partial charge in [0.15, 0.2) is 0 Å². The second-order valence-corrected chi connectivity index (χ2v) is 7.06. The molecule has 29 heavy (non-hydrogen) atoms. The Labute approximate surface area is 168 Å². The highest BCUT2D eigenvalue weighted by Crippen LogP contribution is 2.23. The maximum absolute atomic E-state index is 12.4. The molecule has 2 aromatic rings. The van der Waals surface area contributed by atoms with Crippen LogP contribution in [0.1, 0.15) is 62.3 Å². The summed E-state index contributed by atoms with van der Waals surface area (Å²) in [7, 11) is 0. The van der Waals surface area contributed by atoms with E-state index in [0.717, 1.165) is 5.56 Å². The SMILES string of the molecule is O=C(NC1CCC(OC(=O)c2ccccc2C(=O)O)CC1)c1ccc(CO)cc1. The number of benzene rings is 2. The smallest absolute Gasteiger partial charge is 0.339 e. The summed E-state index contributed by atoms with van der Waals surface area (Å²) in [5.74, 6) is -1.99. The number of carbonyl (C=O) groups is 3. The monoisotopic (exact) mass is 397 g/mol. The molecule has 1 saturated carbocycles. The summed E-state index contributed by atoms with van der Waals surface area (Å²) in [6.07, 6.45) is 2.21. The predicted molar refractivity (Wildman–Crippen MR) is 105 cm³/mol. The van der Waals surface area contributed by atoms with Crippen molar-refractivity contribution in [3.05, 3.63) is 70.8 Å². The molecule has 0 radical (unpaired) electrons. The molecule has 152 valence electrons.